The van der Waals surface area contributed by atoms with Crippen molar-refractivity contribution in [2.45, 2.75) is 18.4 Å². The van der Waals surface area contributed by atoms with Gasteiger partial charge in [-0.3, -0.25) is 4.79 Å². The maximum Gasteiger partial charge on any atom is 0.407 e. The van der Waals surface area contributed by atoms with Crippen molar-refractivity contribution in [2.75, 3.05) is 30.3 Å². The second-order valence-corrected chi connectivity index (χ2v) is 9.56. The van der Waals surface area contributed by atoms with E-state index < -0.39 is 11.6 Å². The highest BCUT2D eigenvalue weighted by atomic mass is 127. The minimum atomic E-state index is -1.23. The summed E-state index contributed by atoms with van der Waals surface area (Å²) in [7, 11) is 0. The highest BCUT2D eigenvalue weighted by Crippen LogP contribution is 2.46. The molecule has 34 heavy (non-hydrogen) atoms. The molecule has 2 aliphatic heterocycles. The first-order chi connectivity index (χ1) is 16.4. The van der Waals surface area contributed by atoms with Gasteiger partial charge in [0.15, 0.2) is 5.54 Å². The van der Waals surface area contributed by atoms with Gasteiger partial charge in [-0.25, -0.2) is 9.78 Å². The number of amides is 2. The topological polar surface area (TPSA) is 104 Å². The Morgan fingerprint density at radius 3 is 2.71 bits per heavy atom. The minimum absolute atomic E-state index is 0.180. The van der Waals surface area contributed by atoms with Crippen LogP contribution in [0.3, 0.4) is 0 Å². The smallest absolute Gasteiger partial charge is 0.407 e. The van der Waals surface area contributed by atoms with Gasteiger partial charge in [-0.15, -0.1) is 0 Å². The third-order valence-corrected chi connectivity index (χ3v) is 6.97. The van der Waals surface area contributed by atoms with E-state index in [-0.39, 0.29) is 11.8 Å². The fourth-order valence-corrected chi connectivity index (χ4v) is 5.05. The Bertz CT molecular complexity index is 1260. The maximum atomic E-state index is 13.6. The standard InChI is InChI=1S/C25H23IN4O4/c1-2-34-22-19(4-3-11-27-22)25(20-12-17(26)7-10-21(20)28-23(25)31)29-18-8-5-15(6-9-18)16-13-30(14-16)24(32)33/h3-12,16,29H,2,13-14H2,1H3,(H,28,31)(H,32,33). The van der Waals surface area contributed by atoms with E-state index in [0.29, 0.717) is 31.1 Å². The van der Waals surface area contributed by atoms with Crippen LogP contribution in [0.4, 0.5) is 16.2 Å². The lowest BCUT2D eigenvalue weighted by Gasteiger charge is -2.37. The van der Waals surface area contributed by atoms with Crippen LogP contribution in [-0.2, 0) is 10.3 Å². The van der Waals surface area contributed by atoms with Crippen molar-refractivity contribution >= 4 is 46.0 Å². The average molecular weight is 570 g/mol. The zero-order valence-corrected chi connectivity index (χ0v) is 20.6. The summed E-state index contributed by atoms with van der Waals surface area (Å²) in [6.45, 7) is 3.29. The lowest BCUT2D eigenvalue weighted by molar-refractivity contribution is -0.118. The number of anilines is 2. The molecule has 0 spiro atoms. The molecular formula is C25H23IN4O4. The number of ether oxygens (including phenoxy) is 1. The van der Waals surface area contributed by atoms with Crippen LogP contribution in [0, 0.1) is 3.57 Å². The van der Waals surface area contributed by atoms with Gasteiger partial charge < -0.3 is 25.4 Å². The van der Waals surface area contributed by atoms with E-state index in [2.05, 4.69) is 38.2 Å². The Morgan fingerprint density at radius 2 is 2.00 bits per heavy atom. The van der Waals surface area contributed by atoms with E-state index in [4.69, 9.17) is 9.84 Å². The summed E-state index contributed by atoms with van der Waals surface area (Å²) < 4.78 is 6.83. The molecule has 0 bridgehead atoms. The number of carbonyl (C=O) groups is 2. The lowest BCUT2D eigenvalue weighted by atomic mass is 9.83. The van der Waals surface area contributed by atoms with Crippen LogP contribution < -0.4 is 15.4 Å². The molecule has 1 aromatic heterocycles. The van der Waals surface area contributed by atoms with Gasteiger partial charge in [-0.05, 0) is 77.5 Å². The molecule has 3 heterocycles. The Morgan fingerprint density at radius 1 is 1.24 bits per heavy atom. The van der Waals surface area contributed by atoms with E-state index in [1.807, 2.05) is 55.5 Å². The summed E-state index contributed by atoms with van der Waals surface area (Å²) in [6, 6.07) is 17.3. The summed E-state index contributed by atoms with van der Waals surface area (Å²) in [5.41, 5.74) is 2.77. The highest BCUT2D eigenvalue weighted by molar-refractivity contribution is 14.1. The van der Waals surface area contributed by atoms with Crippen LogP contribution in [0.1, 0.15) is 29.5 Å². The molecule has 1 atom stereocenters. The Kier molecular flexibility index (Phi) is 5.80. The van der Waals surface area contributed by atoms with Crippen LogP contribution >= 0.6 is 22.6 Å². The molecule has 2 aromatic carbocycles. The van der Waals surface area contributed by atoms with E-state index in [9.17, 15) is 9.59 Å². The molecule has 1 unspecified atom stereocenters. The fourth-order valence-electron chi connectivity index (χ4n) is 4.56. The number of fused-ring (bicyclic) bond motifs is 1. The number of rotatable bonds is 6. The molecule has 174 valence electrons. The molecule has 0 radical (unpaired) electrons. The first-order valence-corrected chi connectivity index (χ1v) is 12.1. The molecular weight excluding hydrogens is 547 g/mol. The Hall–Kier alpha value is -3.34. The number of carbonyl (C=O) groups excluding carboxylic acids is 1. The summed E-state index contributed by atoms with van der Waals surface area (Å²) in [5.74, 6) is 0.372. The molecule has 5 rings (SSSR count). The lowest BCUT2D eigenvalue weighted by Crippen LogP contribution is -2.47. The first-order valence-electron chi connectivity index (χ1n) is 11.0. The predicted molar refractivity (Wildman–Crippen MR) is 136 cm³/mol. The molecule has 0 aliphatic carbocycles. The van der Waals surface area contributed by atoms with Crippen molar-refractivity contribution in [1.82, 2.24) is 9.88 Å². The fraction of sp³-hybridized carbons (Fsp3) is 0.240. The SMILES string of the molecule is CCOc1ncccc1C1(Nc2ccc(C3CN(C(=O)O)C3)cc2)C(=O)Nc2ccc(I)cc21. The van der Waals surface area contributed by atoms with Gasteiger partial charge in [0.2, 0.25) is 5.88 Å². The summed E-state index contributed by atoms with van der Waals surface area (Å²) >= 11 is 2.24. The first kappa shape index (κ1) is 22.5. The molecule has 1 fully saturated rings. The van der Waals surface area contributed by atoms with Gasteiger partial charge in [0.25, 0.3) is 5.91 Å². The largest absolute Gasteiger partial charge is 0.478 e. The van der Waals surface area contributed by atoms with Gasteiger partial charge in [0, 0.05) is 45.7 Å². The van der Waals surface area contributed by atoms with Crippen molar-refractivity contribution in [3.63, 3.8) is 0 Å². The minimum Gasteiger partial charge on any atom is -0.478 e. The number of hydrogen-bond acceptors (Lipinski definition) is 5. The summed E-state index contributed by atoms with van der Waals surface area (Å²) in [4.78, 5) is 30.5. The van der Waals surface area contributed by atoms with Crippen LogP contribution in [0.25, 0.3) is 0 Å². The molecule has 3 aromatic rings. The number of nitrogens with one attached hydrogen (secondary N) is 2. The third kappa shape index (κ3) is 3.73. The quantitative estimate of drug-likeness (QED) is 0.378. The monoisotopic (exact) mass is 570 g/mol. The highest BCUT2D eigenvalue weighted by Gasteiger charge is 2.50. The van der Waals surface area contributed by atoms with Gasteiger partial charge >= 0.3 is 6.09 Å². The number of halogens is 1. The van der Waals surface area contributed by atoms with Crippen LogP contribution in [0.15, 0.2) is 60.8 Å². The molecule has 1 saturated heterocycles. The predicted octanol–water partition coefficient (Wildman–Crippen LogP) is 4.47. The molecule has 2 amide bonds. The Balaban J connectivity index is 1.55. The third-order valence-electron chi connectivity index (χ3n) is 6.30. The zero-order chi connectivity index (χ0) is 23.9. The van der Waals surface area contributed by atoms with Crippen molar-refractivity contribution in [2.24, 2.45) is 0 Å². The second-order valence-electron chi connectivity index (χ2n) is 8.31. The van der Waals surface area contributed by atoms with Crippen molar-refractivity contribution in [3.8, 4) is 5.88 Å². The molecule has 9 heteroatoms. The van der Waals surface area contributed by atoms with Gasteiger partial charge in [0.1, 0.15) is 0 Å². The van der Waals surface area contributed by atoms with Crippen LogP contribution in [0.2, 0.25) is 0 Å². The molecule has 2 aliphatic rings. The Labute approximate surface area is 210 Å². The zero-order valence-electron chi connectivity index (χ0n) is 18.4. The van der Waals surface area contributed by atoms with Crippen molar-refractivity contribution in [3.05, 3.63) is 81.1 Å². The van der Waals surface area contributed by atoms with E-state index >= 15 is 0 Å². The van der Waals surface area contributed by atoms with Crippen LogP contribution in [-0.4, -0.2) is 46.7 Å². The number of benzene rings is 2. The average Bonchev–Trinajstić information content (AvgIpc) is 3.05. The molecule has 0 saturated carbocycles. The van der Waals surface area contributed by atoms with Gasteiger partial charge in [-0.1, -0.05) is 12.1 Å². The summed E-state index contributed by atoms with van der Waals surface area (Å²) in [5, 5.41) is 15.6. The number of likely N-dealkylation sites (tertiary alicyclic amines) is 1. The molecule has 8 nitrogen and oxygen atoms in total. The summed E-state index contributed by atoms with van der Waals surface area (Å²) in [6.07, 6.45) is 0.761. The second kappa shape index (κ2) is 8.79. The number of pyridine rings is 1. The van der Waals surface area contributed by atoms with Crippen LogP contribution in [0.5, 0.6) is 5.88 Å². The number of aromatic nitrogens is 1. The van der Waals surface area contributed by atoms with Gasteiger partial charge in [-0.2, -0.15) is 0 Å². The molecule has 3 N–H and O–H groups in total. The number of carboxylic acid groups (broad SMARTS) is 1. The number of hydrogen-bond donors (Lipinski definition) is 3. The van der Waals surface area contributed by atoms with Crippen molar-refractivity contribution in [1.29, 1.82) is 0 Å². The normalized spacial score (nSPS) is 19.2. The van der Waals surface area contributed by atoms with Gasteiger partial charge in [0.05, 0.1) is 12.2 Å². The number of nitrogens with zero attached hydrogens (tertiary/aromatic N) is 2. The van der Waals surface area contributed by atoms with E-state index in [0.717, 1.165) is 26.1 Å². The van der Waals surface area contributed by atoms with Crippen molar-refractivity contribution < 1.29 is 19.4 Å². The van der Waals surface area contributed by atoms with E-state index in [1.54, 1.807) is 12.3 Å². The van der Waals surface area contributed by atoms with E-state index in [1.165, 1.54) is 4.90 Å². The maximum absolute atomic E-state index is 13.6.